The smallest absolute Gasteiger partial charge is 0.164 e. The SMILES string of the molecule is Fc1ccc(-c2nc(-c3ccccc3)nc(-c3cccc(-c4ccc(-c5nc(-c6ccccc6)cc(-c6ccccc6)n5)cc4)c3)n2)cc1. The molecular weight excluding hydrogens is 606 g/mol. The summed E-state index contributed by atoms with van der Waals surface area (Å²) in [7, 11) is 0. The van der Waals surface area contributed by atoms with E-state index in [1.54, 1.807) is 12.1 Å². The molecule has 0 saturated heterocycles. The Hall–Kier alpha value is -6.66. The van der Waals surface area contributed by atoms with E-state index in [2.05, 4.69) is 60.7 Å². The summed E-state index contributed by atoms with van der Waals surface area (Å²) >= 11 is 0. The molecule has 0 fully saturated rings. The number of nitrogens with zero attached hydrogens (tertiary/aromatic N) is 5. The molecule has 0 saturated carbocycles. The van der Waals surface area contributed by atoms with Gasteiger partial charge in [0.2, 0.25) is 0 Å². The van der Waals surface area contributed by atoms with Gasteiger partial charge in [0.05, 0.1) is 11.4 Å². The van der Waals surface area contributed by atoms with Crippen molar-refractivity contribution >= 4 is 0 Å². The fraction of sp³-hybridized carbons (Fsp3) is 0. The zero-order valence-corrected chi connectivity index (χ0v) is 26.3. The van der Waals surface area contributed by atoms with Crippen LogP contribution in [0.3, 0.4) is 0 Å². The molecule has 0 radical (unpaired) electrons. The van der Waals surface area contributed by atoms with Crippen LogP contribution in [0.1, 0.15) is 0 Å². The zero-order valence-electron chi connectivity index (χ0n) is 26.3. The maximum atomic E-state index is 13.7. The Morgan fingerprint density at radius 3 is 1.16 bits per heavy atom. The van der Waals surface area contributed by atoms with Crippen molar-refractivity contribution in [3.05, 3.63) is 176 Å². The largest absolute Gasteiger partial charge is 0.228 e. The fourth-order valence-electron chi connectivity index (χ4n) is 5.69. The number of rotatable bonds is 7. The van der Waals surface area contributed by atoms with Gasteiger partial charge in [-0.05, 0) is 47.5 Å². The average molecular weight is 634 g/mol. The van der Waals surface area contributed by atoms with Crippen molar-refractivity contribution in [2.75, 3.05) is 0 Å². The molecule has 0 bridgehead atoms. The summed E-state index contributed by atoms with van der Waals surface area (Å²) in [5.74, 6) is 1.91. The van der Waals surface area contributed by atoms with Gasteiger partial charge in [0.25, 0.3) is 0 Å². The van der Waals surface area contributed by atoms with E-state index >= 15 is 0 Å². The van der Waals surface area contributed by atoms with Gasteiger partial charge in [-0.15, -0.1) is 0 Å². The van der Waals surface area contributed by atoms with Crippen LogP contribution >= 0.6 is 0 Å². The minimum atomic E-state index is -0.313. The molecule has 0 atom stereocenters. The molecule has 0 amide bonds. The summed E-state index contributed by atoms with van der Waals surface area (Å²) in [4.78, 5) is 24.4. The second-order valence-electron chi connectivity index (χ2n) is 11.5. The molecule has 49 heavy (non-hydrogen) atoms. The first-order valence-corrected chi connectivity index (χ1v) is 15.9. The van der Waals surface area contributed by atoms with E-state index < -0.39 is 0 Å². The minimum absolute atomic E-state index is 0.313. The van der Waals surface area contributed by atoms with Crippen LogP contribution in [0.15, 0.2) is 170 Å². The zero-order chi connectivity index (χ0) is 33.0. The van der Waals surface area contributed by atoms with E-state index in [9.17, 15) is 4.39 Å². The van der Waals surface area contributed by atoms with Gasteiger partial charge < -0.3 is 0 Å². The van der Waals surface area contributed by atoms with Gasteiger partial charge in [0.1, 0.15) is 5.82 Å². The highest BCUT2D eigenvalue weighted by atomic mass is 19.1. The van der Waals surface area contributed by atoms with Crippen LogP contribution in [0.5, 0.6) is 0 Å². The number of halogens is 1. The summed E-state index contributed by atoms with van der Waals surface area (Å²) in [6.07, 6.45) is 0. The third-order valence-corrected chi connectivity index (χ3v) is 8.23. The Kier molecular flexibility index (Phi) is 8.02. The quantitative estimate of drug-likeness (QED) is 0.175. The highest BCUT2D eigenvalue weighted by Crippen LogP contribution is 2.31. The molecule has 0 spiro atoms. The van der Waals surface area contributed by atoms with E-state index in [4.69, 9.17) is 24.9 Å². The highest BCUT2D eigenvalue weighted by molar-refractivity contribution is 5.76. The second-order valence-corrected chi connectivity index (χ2v) is 11.5. The minimum Gasteiger partial charge on any atom is -0.228 e. The second kappa shape index (κ2) is 13.2. The number of aromatic nitrogens is 5. The molecule has 0 aliphatic rings. The Morgan fingerprint density at radius 1 is 0.265 bits per heavy atom. The van der Waals surface area contributed by atoms with Gasteiger partial charge in [-0.1, -0.05) is 133 Å². The molecule has 0 N–H and O–H groups in total. The first kappa shape index (κ1) is 29.7. The lowest BCUT2D eigenvalue weighted by Gasteiger charge is -2.11. The summed E-state index contributed by atoms with van der Waals surface area (Å²) in [5, 5.41) is 0. The van der Waals surface area contributed by atoms with Crippen LogP contribution < -0.4 is 0 Å². The Bertz CT molecular complexity index is 2300. The van der Waals surface area contributed by atoms with Gasteiger partial charge >= 0.3 is 0 Å². The van der Waals surface area contributed by atoms with Crippen molar-refractivity contribution in [3.63, 3.8) is 0 Å². The van der Waals surface area contributed by atoms with E-state index in [0.717, 1.165) is 50.3 Å². The number of benzene rings is 6. The maximum Gasteiger partial charge on any atom is 0.164 e. The van der Waals surface area contributed by atoms with Gasteiger partial charge in [-0.3, -0.25) is 0 Å². The van der Waals surface area contributed by atoms with Crippen LogP contribution in [0.25, 0.3) is 79.2 Å². The van der Waals surface area contributed by atoms with Crippen LogP contribution in [0.2, 0.25) is 0 Å². The van der Waals surface area contributed by atoms with E-state index in [0.29, 0.717) is 28.9 Å². The van der Waals surface area contributed by atoms with Gasteiger partial charge in [-0.25, -0.2) is 29.3 Å². The van der Waals surface area contributed by atoms with Crippen LogP contribution in [-0.4, -0.2) is 24.9 Å². The number of hydrogen-bond donors (Lipinski definition) is 0. The summed E-state index contributed by atoms with van der Waals surface area (Å²) < 4.78 is 13.7. The van der Waals surface area contributed by atoms with Crippen molar-refractivity contribution in [2.45, 2.75) is 0 Å². The lowest BCUT2D eigenvalue weighted by molar-refractivity contribution is 0.628. The van der Waals surface area contributed by atoms with Crippen LogP contribution in [0.4, 0.5) is 4.39 Å². The van der Waals surface area contributed by atoms with Crippen LogP contribution in [0, 0.1) is 5.82 Å². The lowest BCUT2D eigenvalue weighted by Crippen LogP contribution is -2.00. The predicted molar refractivity (Wildman–Crippen MR) is 193 cm³/mol. The Balaban J connectivity index is 1.16. The standard InChI is InChI=1S/C43H28FN5/c44-37-25-23-34(24-26-37)42-47-41(32-15-8-3-9-16-32)48-43(49-42)36-18-10-17-35(27-36)29-19-21-33(22-20-29)40-45-38(30-11-4-1-5-12-30)28-39(46-40)31-13-6-2-7-14-31/h1-28H. The lowest BCUT2D eigenvalue weighted by atomic mass is 10.0. The highest BCUT2D eigenvalue weighted by Gasteiger charge is 2.14. The van der Waals surface area contributed by atoms with Crippen molar-refractivity contribution in [1.82, 2.24) is 24.9 Å². The van der Waals surface area contributed by atoms with Crippen molar-refractivity contribution in [2.24, 2.45) is 0 Å². The first-order valence-electron chi connectivity index (χ1n) is 15.9. The summed E-state index contributed by atoms with van der Waals surface area (Å²) in [6, 6.07) is 54.8. The third-order valence-electron chi connectivity index (χ3n) is 8.23. The molecule has 8 aromatic rings. The Labute approximate surface area is 283 Å². The molecule has 0 aliphatic carbocycles. The van der Waals surface area contributed by atoms with Crippen molar-refractivity contribution in [3.8, 4) is 79.2 Å². The molecule has 0 aliphatic heterocycles. The molecule has 232 valence electrons. The van der Waals surface area contributed by atoms with Gasteiger partial charge in [-0.2, -0.15) is 0 Å². The molecule has 6 heteroatoms. The van der Waals surface area contributed by atoms with Gasteiger partial charge in [0.15, 0.2) is 23.3 Å². The molecule has 8 rings (SSSR count). The maximum absolute atomic E-state index is 13.7. The van der Waals surface area contributed by atoms with E-state index in [-0.39, 0.29) is 5.82 Å². The normalized spacial score (nSPS) is 11.0. The van der Waals surface area contributed by atoms with Crippen LogP contribution in [-0.2, 0) is 0 Å². The fourth-order valence-corrected chi connectivity index (χ4v) is 5.69. The molecule has 0 unspecified atom stereocenters. The van der Waals surface area contributed by atoms with Crippen molar-refractivity contribution < 1.29 is 4.39 Å². The summed E-state index contributed by atoms with van der Waals surface area (Å²) in [5.41, 5.74) is 9.20. The summed E-state index contributed by atoms with van der Waals surface area (Å²) in [6.45, 7) is 0. The van der Waals surface area contributed by atoms with E-state index in [1.165, 1.54) is 12.1 Å². The average Bonchev–Trinajstić information content (AvgIpc) is 3.19. The Morgan fingerprint density at radius 2 is 0.633 bits per heavy atom. The monoisotopic (exact) mass is 633 g/mol. The molecule has 2 aromatic heterocycles. The molecule has 2 heterocycles. The van der Waals surface area contributed by atoms with Gasteiger partial charge in [0, 0.05) is 33.4 Å². The topological polar surface area (TPSA) is 64.5 Å². The van der Waals surface area contributed by atoms with Crippen molar-refractivity contribution in [1.29, 1.82) is 0 Å². The van der Waals surface area contributed by atoms with E-state index in [1.807, 2.05) is 84.9 Å². The third kappa shape index (κ3) is 6.48. The first-order chi connectivity index (χ1) is 24.2. The molecule has 6 aromatic carbocycles. The molecular formula is C43H28FN5. The number of hydrogen-bond acceptors (Lipinski definition) is 5. The molecule has 5 nitrogen and oxygen atoms in total. The predicted octanol–water partition coefficient (Wildman–Crippen LogP) is 10.5.